The Bertz CT molecular complexity index is 1050. The van der Waals surface area contributed by atoms with Gasteiger partial charge in [-0.3, -0.25) is 24.6 Å². The van der Waals surface area contributed by atoms with Gasteiger partial charge in [-0.1, -0.05) is 12.1 Å². The average Bonchev–Trinajstić information content (AvgIpc) is 3.13. The van der Waals surface area contributed by atoms with Crippen LogP contribution in [0.5, 0.6) is 0 Å². The molecule has 0 fully saturated rings. The number of nitrogens with zero attached hydrogens (tertiary/aromatic N) is 4. The average molecular weight is 391 g/mol. The number of aromatic nitrogens is 3. The number of carbonyl (C=O) groups excluding carboxylic acids is 1. The monoisotopic (exact) mass is 391 g/mol. The van der Waals surface area contributed by atoms with Crippen LogP contribution in [0, 0.1) is 10.1 Å². The number of para-hydroxylation sites is 1. The van der Waals surface area contributed by atoms with Crippen LogP contribution in [0.3, 0.4) is 0 Å². The predicted octanol–water partition coefficient (Wildman–Crippen LogP) is 3.16. The van der Waals surface area contributed by atoms with Gasteiger partial charge in [-0.05, 0) is 43.9 Å². The summed E-state index contributed by atoms with van der Waals surface area (Å²) in [7, 11) is 0. The largest absolute Gasteiger partial charge is 0.350 e. The highest BCUT2D eigenvalue weighted by atomic mass is 16.6. The lowest BCUT2D eigenvalue weighted by Gasteiger charge is -2.14. The minimum absolute atomic E-state index is 0.0671. The Kier molecular flexibility index (Phi) is 5.33. The van der Waals surface area contributed by atoms with Crippen molar-refractivity contribution in [3.05, 3.63) is 75.7 Å². The molecule has 4 rings (SSSR count). The van der Waals surface area contributed by atoms with Gasteiger partial charge in [0.05, 0.1) is 17.2 Å². The number of hydrogen-bond acceptors (Lipinski definition) is 5. The second-order valence-corrected chi connectivity index (χ2v) is 6.97. The third kappa shape index (κ3) is 3.87. The smallest absolute Gasteiger partial charge is 0.282 e. The SMILES string of the molecule is O=C(NCCn1nc(-c2ccncc2)c2c1CCCC2)c1ccccc1[N+](=O)[O-]. The van der Waals surface area contributed by atoms with Crippen molar-refractivity contribution in [2.45, 2.75) is 32.2 Å². The molecule has 0 saturated carbocycles. The van der Waals surface area contributed by atoms with Crippen LogP contribution >= 0.6 is 0 Å². The Balaban J connectivity index is 1.50. The van der Waals surface area contributed by atoms with E-state index in [0.717, 1.165) is 36.9 Å². The summed E-state index contributed by atoms with van der Waals surface area (Å²) in [5.41, 5.74) is 4.38. The fourth-order valence-corrected chi connectivity index (χ4v) is 3.79. The Hall–Kier alpha value is -3.55. The molecule has 29 heavy (non-hydrogen) atoms. The standard InChI is InChI=1S/C21H21N5O3/c27-21(17-6-2-4-8-19(17)26(28)29)23-13-14-25-18-7-3-1-5-16(18)20(24-25)15-9-11-22-12-10-15/h2,4,6,8-12H,1,3,5,7,13-14H2,(H,23,27). The highest BCUT2D eigenvalue weighted by molar-refractivity contribution is 5.98. The first-order chi connectivity index (χ1) is 14.1. The fourth-order valence-electron chi connectivity index (χ4n) is 3.79. The summed E-state index contributed by atoms with van der Waals surface area (Å²) in [5.74, 6) is -0.451. The molecule has 1 aliphatic rings. The van der Waals surface area contributed by atoms with Crippen molar-refractivity contribution in [3.63, 3.8) is 0 Å². The second-order valence-electron chi connectivity index (χ2n) is 6.97. The van der Waals surface area contributed by atoms with Gasteiger partial charge in [0.2, 0.25) is 0 Å². The molecular weight excluding hydrogens is 370 g/mol. The van der Waals surface area contributed by atoms with E-state index in [4.69, 9.17) is 5.10 Å². The highest BCUT2D eigenvalue weighted by Crippen LogP contribution is 2.30. The van der Waals surface area contributed by atoms with E-state index in [9.17, 15) is 14.9 Å². The summed E-state index contributed by atoms with van der Waals surface area (Å²) < 4.78 is 1.96. The molecule has 8 heteroatoms. The van der Waals surface area contributed by atoms with Crippen molar-refractivity contribution in [3.8, 4) is 11.3 Å². The quantitative estimate of drug-likeness (QED) is 0.513. The van der Waals surface area contributed by atoms with E-state index in [1.54, 1.807) is 24.5 Å². The zero-order valence-electron chi connectivity index (χ0n) is 15.9. The van der Waals surface area contributed by atoms with E-state index in [2.05, 4.69) is 10.3 Å². The Morgan fingerprint density at radius 3 is 2.69 bits per heavy atom. The zero-order chi connectivity index (χ0) is 20.2. The zero-order valence-corrected chi connectivity index (χ0v) is 15.9. The number of hydrogen-bond donors (Lipinski definition) is 1. The molecule has 0 aliphatic heterocycles. The van der Waals surface area contributed by atoms with Crippen LogP contribution in [0.1, 0.15) is 34.5 Å². The first-order valence-electron chi connectivity index (χ1n) is 9.65. The molecule has 8 nitrogen and oxygen atoms in total. The van der Waals surface area contributed by atoms with E-state index in [1.165, 1.54) is 23.4 Å². The molecule has 0 atom stereocenters. The molecule has 0 bridgehead atoms. The highest BCUT2D eigenvalue weighted by Gasteiger charge is 2.22. The molecule has 2 heterocycles. The number of carbonyl (C=O) groups is 1. The minimum Gasteiger partial charge on any atom is -0.350 e. The Morgan fingerprint density at radius 1 is 1.14 bits per heavy atom. The maximum Gasteiger partial charge on any atom is 0.282 e. The first-order valence-corrected chi connectivity index (χ1v) is 9.65. The molecule has 3 aromatic rings. The molecule has 1 aromatic carbocycles. The molecular formula is C21H21N5O3. The summed E-state index contributed by atoms with van der Waals surface area (Å²) in [4.78, 5) is 27.1. The minimum atomic E-state index is -0.542. The van der Waals surface area contributed by atoms with Crippen molar-refractivity contribution >= 4 is 11.6 Å². The van der Waals surface area contributed by atoms with E-state index in [-0.39, 0.29) is 11.3 Å². The van der Waals surface area contributed by atoms with Crippen molar-refractivity contribution in [2.24, 2.45) is 0 Å². The van der Waals surface area contributed by atoms with E-state index < -0.39 is 10.8 Å². The van der Waals surface area contributed by atoms with Crippen molar-refractivity contribution in [1.29, 1.82) is 0 Å². The number of nitrogens with one attached hydrogen (secondary N) is 1. The van der Waals surface area contributed by atoms with Crippen LogP contribution < -0.4 is 5.32 Å². The van der Waals surface area contributed by atoms with E-state index >= 15 is 0 Å². The number of rotatable bonds is 6. The molecule has 0 saturated heterocycles. The lowest BCUT2D eigenvalue weighted by Crippen LogP contribution is -2.28. The third-order valence-corrected chi connectivity index (χ3v) is 5.17. The number of benzene rings is 1. The van der Waals surface area contributed by atoms with Gasteiger partial charge >= 0.3 is 0 Å². The van der Waals surface area contributed by atoms with Gasteiger partial charge in [0.1, 0.15) is 5.56 Å². The van der Waals surface area contributed by atoms with Crippen LogP contribution in [0.15, 0.2) is 48.8 Å². The van der Waals surface area contributed by atoms with Crippen molar-refractivity contribution < 1.29 is 9.72 Å². The lowest BCUT2D eigenvalue weighted by atomic mass is 9.94. The maximum absolute atomic E-state index is 12.4. The Labute approximate surface area is 167 Å². The summed E-state index contributed by atoms with van der Waals surface area (Å²) in [6.45, 7) is 0.856. The molecule has 0 unspecified atom stereocenters. The molecule has 1 aliphatic carbocycles. The van der Waals surface area contributed by atoms with Crippen LogP contribution in [0.4, 0.5) is 5.69 Å². The fraction of sp³-hybridized carbons (Fsp3) is 0.286. The molecule has 148 valence electrons. The van der Waals surface area contributed by atoms with Crippen LogP contribution in [-0.4, -0.2) is 32.1 Å². The molecule has 0 spiro atoms. The number of nitro groups is 1. The van der Waals surface area contributed by atoms with Gasteiger partial charge in [0.15, 0.2) is 0 Å². The topological polar surface area (TPSA) is 103 Å². The summed E-state index contributed by atoms with van der Waals surface area (Å²) in [6, 6.07) is 9.87. The van der Waals surface area contributed by atoms with Gasteiger partial charge in [-0.15, -0.1) is 0 Å². The molecule has 0 radical (unpaired) electrons. The van der Waals surface area contributed by atoms with Crippen LogP contribution in [0.25, 0.3) is 11.3 Å². The first kappa shape index (κ1) is 18.8. The summed E-state index contributed by atoms with van der Waals surface area (Å²) >= 11 is 0. The third-order valence-electron chi connectivity index (χ3n) is 5.17. The van der Waals surface area contributed by atoms with Gasteiger partial charge in [-0.25, -0.2) is 0 Å². The summed E-state index contributed by atoms with van der Waals surface area (Å²) in [5, 5.41) is 18.7. The normalized spacial score (nSPS) is 13.0. The molecule has 1 amide bonds. The summed E-state index contributed by atoms with van der Waals surface area (Å²) in [6.07, 6.45) is 7.75. The predicted molar refractivity (Wildman–Crippen MR) is 108 cm³/mol. The van der Waals surface area contributed by atoms with Gasteiger partial charge in [-0.2, -0.15) is 5.10 Å². The van der Waals surface area contributed by atoms with Gasteiger partial charge < -0.3 is 5.32 Å². The van der Waals surface area contributed by atoms with E-state index in [1.807, 2.05) is 16.8 Å². The van der Waals surface area contributed by atoms with Gasteiger partial charge in [0.25, 0.3) is 11.6 Å². The van der Waals surface area contributed by atoms with Crippen LogP contribution in [0.2, 0.25) is 0 Å². The number of amides is 1. The van der Waals surface area contributed by atoms with Crippen molar-refractivity contribution in [1.82, 2.24) is 20.1 Å². The van der Waals surface area contributed by atoms with Crippen molar-refractivity contribution in [2.75, 3.05) is 6.54 Å². The number of pyridine rings is 1. The number of nitro benzene ring substituents is 1. The molecule has 1 N–H and O–H groups in total. The maximum atomic E-state index is 12.4. The second kappa shape index (κ2) is 8.22. The Morgan fingerprint density at radius 2 is 1.90 bits per heavy atom. The molecule has 2 aromatic heterocycles. The lowest BCUT2D eigenvalue weighted by molar-refractivity contribution is -0.385. The van der Waals surface area contributed by atoms with E-state index in [0.29, 0.717) is 13.1 Å². The van der Waals surface area contributed by atoms with Crippen LogP contribution in [-0.2, 0) is 19.4 Å². The number of fused-ring (bicyclic) bond motifs is 1. The van der Waals surface area contributed by atoms with Gasteiger partial charge in [0, 0.05) is 41.8 Å².